The van der Waals surface area contributed by atoms with Crippen LogP contribution in [0.15, 0.2) is 0 Å². The van der Waals surface area contributed by atoms with Crippen molar-refractivity contribution in [2.24, 2.45) is 5.73 Å². The van der Waals surface area contributed by atoms with Gasteiger partial charge in [0.15, 0.2) is 0 Å². The van der Waals surface area contributed by atoms with Crippen molar-refractivity contribution in [3.05, 3.63) is 15.6 Å². The zero-order valence-electron chi connectivity index (χ0n) is 9.53. The first kappa shape index (κ1) is 11.5. The number of thiazole rings is 1. The molecule has 2 rings (SSSR count). The predicted octanol–water partition coefficient (Wildman–Crippen LogP) is 1.19. The van der Waals surface area contributed by atoms with Crippen molar-refractivity contribution < 1.29 is 4.79 Å². The highest BCUT2D eigenvalue weighted by molar-refractivity contribution is 7.13. The molecule has 2 N–H and O–H groups in total. The normalized spacial score (nSPS) is 15.8. The summed E-state index contributed by atoms with van der Waals surface area (Å²) in [7, 11) is 0. The summed E-state index contributed by atoms with van der Waals surface area (Å²) in [5.41, 5.74) is 6.34. The van der Waals surface area contributed by atoms with Gasteiger partial charge in [-0.15, -0.1) is 11.3 Å². The molecule has 2 heterocycles. The van der Waals surface area contributed by atoms with Crippen LogP contribution in [0.1, 0.15) is 33.2 Å². The second-order valence-electron chi connectivity index (χ2n) is 4.06. The van der Waals surface area contributed by atoms with Crippen LogP contribution in [0.3, 0.4) is 0 Å². The number of likely N-dealkylation sites (tertiary alicyclic amines) is 1. The van der Waals surface area contributed by atoms with Crippen LogP contribution in [-0.4, -0.2) is 35.4 Å². The summed E-state index contributed by atoms with van der Waals surface area (Å²) >= 11 is 1.50. The van der Waals surface area contributed by atoms with Gasteiger partial charge in [0.05, 0.1) is 10.7 Å². The van der Waals surface area contributed by atoms with E-state index in [9.17, 15) is 4.79 Å². The Balaban J connectivity index is 2.15. The van der Waals surface area contributed by atoms with Gasteiger partial charge in [-0.25, -0.2) is 4.98 Å². The molecule has 88 valence electrons. The summed E-state index contributed by atoms with van der Waals surface area (Å²) < 4.78 is 0. The Morgan fingerprint density at radius 3 is 2.81 bits per heavy atom. The molecular formula is C11H17N3OS. The minimum atomic E-state index is 0.149. The minimum Gasteiger partial charge on any atom is -0.338 e. The van der Waals surface area contributed by atoms with Gasteiger partial charge in [-0.1, -0.05) is 0 Å². The first-order valence-electron chi connectivity index (χ1n) is 5.68. The molecular weight excluding hydrogens is 222 g/mol. The van der Waals surface area contributed by atoms with Gasteiger partial charge in [-0.3, -0.25) is 4.79 Å². The molecule has 1 amide bonds. The number of carbonyl (C=O) groups excluding carboxylic acids is 1. The lowest BCUT2D eigenvalue weighted by molar-refractivity contribution is 0.0796. The highest BCUT2D eigenvalue weighted by Gasteiger charge is 2.23. The Morgan fingerprint density at radius 2 is 2.19 bits per heavy atom. The molecule has 1 aliphatic heterocycles. The lowest BCUT2D eigenvalue weighted by atomic mass is 10.3. The second-order valence-corrected chi connectivity index (χ2v) is 5.14. The molecule has 0 spiro atoms. The van der Waals surface area contributed by atoms with Crippen LogP contribution in [0.4, 0.5) is 0 Å². The number of aromatic nitrogens is 1. The number of rotatable bonds is 3. The van der Waals surface area contributed by atoms with Gasteiger partial charge in [0.25, 0.3) is 5.91 Å². The van der Waals surface area contributed by atoms with Crippen molar-refractivity contribution in [3.8, 4) is 0 Å². The zero-order chi connectivity index (χ0) is 11.5. The third kappa shape index (κ3) is 2.25. The van der Waals surface area contributed by atoms with Crippen LogP contribution < -0.4 is 5.73 Å². The Bertz CT molecular complexity index is 383. The fraction of sp³-hybridized carbons (Fsp3) is 0.636. The number of amides is 1. The molecule has 4 nitrogen and oxygen atoms in total. The third-order valence-electron chi connectivity index (χ3n) is 2.79. The summed E-state index contributed by atoms with van der Waals surface area (Å²) in [6.45, 7) is 4.27. The average Bonchev–Trinajstić information content (AvgIpc) is 2.87. The molecule has 0 aromatic carbocycles. The van der Waals surface area contributed by atoms with Gasteiger partial charge in [0.1, 0.15) is 4.88 Å². The van der Waals surface area contributed by atoms with Crippen molar-refractivity contribution in [3.63, 3.8) is 0 Å². The standard InChI is InChI=1S/C11H17N3OS/c1-8-10(16-9(13-8)4-5-12)11(15)14-6-2-3-7-14/h2-7,12H2,1H3. The lowest BCUT2D eigenvalue weighted by Gasteiger charge is -2.13. The van der Waals surface area contributed by atoms with Crippen LogP contribution in [0, 0.1) is 6.92 Å². The number of hydrogen-bond donors (Lipinski definition) is 1. The van der Waals surface area contributed by atoms with Gasteiger partial charge in [0.2, 0.25) is 0 Å². The SMILES string of the molecule is Cc1nc(CCN)sc1C(=O)N1CCCC1. The third-order valence-corrected chi connectivity index (χ3v) is 3.99. The molecule has 0 bridgehead atoms. The topological polar surface area (TPSA) is 59.2 Å². The molecule has 1 aliphatic rings. The maximum atomic E-state index is 12.2. The molecule has 0 saturated carbocycles. The summed E-state index contributed by atoms with van der Waals surface area (Å²) in [6, 6.07) is 0. The molecule has 0 atom stereocenters. The molecule has 1 fully saturated rings. The smallest absolute Gasteiger partial charge is 0.265 e. The first-order chi connectivity index (χ1) is 7.72. The molecule has 0 unspecified atom stereocenters. The van der Waals surface area contributed by atoms with Crippen molar-refractivity contribution in [1.82, 2.24) is 9.88 Å². The highest BCUT2D eigenvalue weighted by Crippen LogP contribution is 2.22. The maximum absolute atomic E-state index is 12.2. The van der Waals surface area contributed by atoms with Crippen LogP contribution in [0.2, 0.25) is 0 Å². The van der Waals surface area contributed by atoms with E-state index in [1.165, 1.54) is 11.3 Å². The Morgan fingerprint density at radius 1 is 1.50 bits per heavy atom. The molecule has 0 aliphatic carbocycles. The van der Waals surface area contributed by atoms with E-state index in [4.69, 9.17) is 5.73 Å². The summed E-state index contributed by atoms with van der Waals surface area (Å²) in [6.07, 6.45) is 3.01. The largest absolute Gasteiger partial charge is 0.338 e. The Labute approximate surface area is 99.5 Å². The lowest BCUT2D eigenvalue weighted by Crippen LogP contribution is -2.27. The fourth-order valence-corrected chi connectivity index (χ4v) is 2.99. The van der Waals surface area contributed by atoms with E-state index in [0.717, 1.165) is 47.9 Å². The predicted molar refractivity (Wildman–Crippen MR) is 64.7 cm³/mol. The number of nitrogens with zero attached hydrogens (tertiary/aromatic N) is 2. The summed E-state index contributed by atoms with van der Waals surface area (Å²) in [5, 5.41) is 0.975. The van der Waals surface area contributed by atoms with Gasteiger partial charge >= 0.3 is 0 Å². The van der Waals surface area contributed by atoms with Crippen LogP contribution in [0.25, 0.3) is 0 Å². The number of carbonyl (C=O) groups is 1. The van der Waals surface area contributed by atoms with Crippen molar-refractivity contribution >= 4 is 17.2 Å². The molecule has 5 heteroatoms. The van der Waals surface area contributed by atoms with Crippen molar-refractivity contribution in [2.75, 3.05) is 19.6 Å². The summed E-state index contributed by atoms with van der Waals surface area (Å²) in [4.78, 5) is 19.3. The monoisotopic (exact) mass is 239 g/mol. The fourth-order valence-electron chi connectivity index (χ4n) is 1.94. The van der Waals surface area contributed by atoms with Gasteiger partial charge < -0.3 is 10.6 Å². The van der Waals surface area contributed by atoms with E-state index in [-0.39, 0.29) is 5.91 Å². The molecule has 1 saturated heterocycles. The second kappa shape index (κ2) is 4.93. The molecule has 1 aromatic rings. The quantitative estimate of drug-likeness (QED) is 0.862. The van der Waals surface area contributed by atoms with Crippen LogP contribution >= 0.6 is 11.3 Å². The summed E-state index contributed by atoms with van der Waals surface area (Å²) in [5.74, 6) is 0.149. The number of aryl methyl sites for hydroxylation is 1. The van der Waals surface area contributed by atoms with E-state index >= 15 is 0 Å². The van der Waals surface area contributed by atoms with E-state index in [1.54, 1.807) is 0 Å². The first-order valence-corrected chi connectivity index (χ1v) is 6.49. The van der Waals surface area contributed by atoms with E-state index < -0.39 is 0 Å². The van der Waals surface area contributed by atoms with E-state index in [2.05, 4.69) is 4.98 Å². The Hall–Kier alpha value is -0.940. The highest BCUT2D eigenvalue weighted by atomic mass is 32.1. The van der Waals surface area contributed by atoms with Gasteiger partial charge in [-0.2, -0.15) is 0 Å². The van der Waals surface area contributed by atoms with E-state index in [1.807, 2.05) is 11.8 Å². The minimum absolute atomic E-state index is 0.149. The average molecular weight is 239 g/mol. The maximum Gasteiger partial charge on any atom is 0.265 e. The van der Waals surface area contributed by atoms with Crippen LogP contribution in [0.5, 0.6) is 0 Å². The van der Waals surface area contributed by atoms with Gasteiger partial charge in [0, 0.05) is 19.5 Å². The Kier molecular flexibility index (Phi) is 3.56. The van der Waals surface area contributed by atoms with Crippen molar-refractivity contribution in [1.29, 1.82) is 0 Å². The van der Waals surface area contributed by atoms with E-state index in [0.29, 0.717) is 6.54 Å². The van der Waals surface area contributed by atoms with Crippen molar-refractivity contribution in [2.45, 2.75) is 26.2 Å². The number of hydrogen-bond acceptors (Lipinski definition) is 4. The number of nitrogens with two attached hydrogens (primary N) is 1. The zero-order valence-corrected chi connectivity index (χ0v) is 10.3. The molecule has 1 aromatic heterocycles. The van der Waals surface area contributed by atoms with Crippen LogP contribution in [-0.2, 0) is 6.42 Å². The van der Waals surface area contributed by atoms with Gasteiger partial charge in [-0.05, 0) is 26.3 Å². The molecule has 16 heavy (non-hydrogen) atoms. The molecule has 0 radical (unpaired) electrons.